The third kappa shape index (κ3) is 1.54. The number of ketones is 1. The Hall–Kier alpha value is -1.64. The average Bonchev–Trinajstić information content (AvgIpc) is 2.23. The van der Waals surface area contributed by atoms with Crippen molar-refractivity contribution in [2.45, 2.75) is 19.3 Å². The summed E-state index contributed by atoms with van der Waals surface area (Å²) in [6.07, 6.45) is 0.119. The zero-order valence-electron chi connectivity index (χ0n) is 8.43. The fraction of sp³-hybridized carbons (Fsp3) is 0.333. The number of benzene rings is 1. The lowest BCUT2D eigenvalue weighted by Gasteiger charge is -2.27. The van der Waals surface area contributed by atoms with Gasteiger partial charge in [0.05, 0.1) is 5.92 Å². The third-order valence-corrected chi connectivity index (χ3v) is 3.08. The van der Waals surface area contributed by atoms with Crippen LogP contribution in [-0.4, -0.2) is 16.9 Å². The molecule has 0 fully saturated rings. The highest BCUT2D eigenvalue weighted by Gasteiger charge is 2.35. The molecular weight excluding hydrogens is 192 g/mol. The molecule has 1 aliphatic carbocycles. The van der Waals surface area contributed by atoms with E-state index in [9.17, 15) is 9.59 Å². The molecule has 0 saturated carbocycles. The molecular formula is C12H12O3. The smallest absolute Gasteiger partial charge is 0.307 e. The Balaban J connectivity index is 2.48. The molecule has 1 aromatic rings. The second-order valence-electron chi connectivity index (χ2n) is 3.95. The molecule has 3 heteroatoms. The lowest BCUT2D eigenvalue weighted by Crippen LogP contribution is -2.29. The van der Waals surface area contributed by atoms with Gasteiger partial charge in [-0.05, 0) is 11.5 Å². The van der Waals surface area contributed by atoms with E-state index in [1.165, 1.54) is 0 Å². The maximum atomic E-state index is 11.7. The molecule has 1 aliphatic rings. The van der Waals surface area contributed by atoms with Crippen molar-refractivity contribution in [2.75, 3.05) is 0 Å². The van der Waals surface area contributed by atoms with E-state index in [1.54, 1.807) is 6.07 Å². The molecule has 1 aromatic carbocycles. The monoisotopic (exact) mass is 204 g/mol. The van der Waals surface area contributed by atoms with Crippen LogP contribution in [-0.2, 0) is 4.79 Å². The van der Waals surface area contributed by atoms with Gasteiger partial charge in [0.25, 0.3) is 0 Å². The van der Waals surface area contributed by atoms with Gasteiger partial charge in [-0.25, -0.2) is 0 Å². The highest BCUT2D eigenvalue weighted by atomic mass is 16.4. The quantitative estimate of drug-likeness (QED) is 0.761. The number of rotatable bonds is 1. The fourth-order valence-electron chi connectivity index (χ4n) is 2.15. The van der Waals surface area contributed by atoms with Gasteiger partial charge in [0.1, 0.15) is 0 Å². The van der Waals surface area contributed by atoms with E-state index in [1.807, 2.05) is 25.1 Å². The van der Waals surface area contributed by atoms with Crippen molar-refractivity contribution in [3.05, 3.63) is 35.4 Å². The molecule has 2 atom stereocenters. The minimum absolute atomic E-state index is 0.0592. The van der Waals surface area contributed by atoms with Crippen LogP contribution in [0.1, 0.15) is 35.2 Å². The van der Waals surface area contributed by atoms with E-state index < -0.39 is 11.9 Å². The first-order chi connectivity index (χ1) is 7.11. The van der Waals surface area contributed by atoms with Crippen molar-refractivity contribution in [2.24, 2.45) is 5.92 Å². The Morgan fingerprint density at radius 2 is 2.07 bits per heavy atom. The number of Topliss-reactive ketones (excluding diaryl/α,β-unsaturated/α-hetero) is 1. The Morgan fingerprint density at radius 1 is 1.40 bits per heavy atom. The van der Waals surface area contributed by atoms with Crippen molar-refractivity contribution >= 4 is 11.8 Å². The van der Waals surface area contributed by atoms with Gasteiger partial charge in [-0.2, -0.15) is 0 Å². The van der Waals surface area contributed by atoms with Gasteiger partial charge in [-0.1, -0.05) is 31.2 Å². The minimum Gasteiger partial charge on any atom is -0.481 e. The van der Waals surface area contributed by atoms with Crippen LogP contribution in [0.2, 0.25) is 0 Å². The summed E-state index contributed by atoms with van der Waals surface area (Å²) in [5, 5.41) is 9.00. The summed E-state index contributed by atoms with van der Waals surface area (Å²) in [6, 6.07) is 7.26. The van der Waals surface area contributed by atoms with Crippen LogP contribution < -0.4 is 0 Å². The topological polar surface area (TPSA) is 54.4 Å². The van der Waals surface area contributed by atoms with Gasteiger partial charge in [-0.15, -0.1) is 0 Å². The number of carboxylic acids is 1. The number of carboxylic acid groups (broad SMARTS) is 1. The van der Waals surface area contributed by atoms with Crippen LogP contribution in [0.5, 0.6) is 0 Å². The first-order valence-electron chi connectivity index (χ1n) is 4.96. The van der Waals surface area contributed by atoms with Crippen LogP contribution in [0.3, 0.4) is 0 Å². The fourth-order valence-corrected chi connectivity index (χ4v) is 2.15. The van der Waals surface area contributed by atoms with Crippen molar-refractivity contribution in [3.63, 3.8) is 0 Å². The van der Waals surface area contributed by atoms with Crippen LogP contribution in [0.4, 0.5) is 0 Å². The van der Waals surface area contributed by atoms with Crippen molar-refractivity contribution in [1.29, 1.82) is 0 Å². The largest absolute Gasteiger partial charge is 0.481 e. The first kappa shape index (κ1) is 9.90. The molecule has 0 bridgehead atoms. The second-order valence-corrected chi connectivity index (χ2v) is 3.95. The SMILES string of the molecule is C[C@H]1c2ccccc2C(=O)C[C@@H]1C(=O)O. The average molecular weight is 204 g/mol. The Kier molecular flexibility index (Phi) is 2.31. The lowest BCUT2D eigenvalue weighted by molar-refractivity contribution is -0.142. The molecule has 1 N–H and O–H groups in total. The lowest BCUT2D eigenvalue weighted by atomic mass is 9.75. The summed E-state index contributed by atoms with van der Waals surface area (Å²) in [6.45, 7) is 1.87. The summed E-state index contributed by atoms with van der Waals surface area (Å²) in [5.41, 5.74) is 1.55. The molecule has 3 nitrogen and oxygen atoms in total. The van der Waals surface area contributed by atoms with E-state index in [0.717, 1.165) is 5.56 Å². The van der Waals surface area contributed by atoms with E-state index in [0.29, 0.717) is 5.56 Å². The number of carbonyl (C=O) groups is 2. The van der Waals surface area contributed by atoms with Gasteiger partial charge in [0.15, 0.2) is 5.78 Å². The van der Waals surface area contributed by atoms with Crippen LogP contribution in [0, 0.1) is 5.92 Å². The highest BCUT2D eigenvalue weighted by Crippen LogP contribution is 2.35. The molecule has 78 valence electrons. The summed E-state index contributed by atoms with van der Waals surface area (Å²) >= 11 is 0. The molecule has 0 aromatic heterocycles. The van der Waals surface area contributed by atoms with E-state index in [4.69, 9.17) is 5.11 Å². The number of aliphatic carboxylic acids is 1. The molecule has 0 saturated heterocycles. The summed E-state index contributed by atoms with van der Waals surface area (Å²) in [5.74, 6) is -1.61. The maximum Gasteiger partial charge on any atom is 0.307 e. The zero-order valence-corrected chi connectivity index (χ0v) is 8.43. The van der Waals surface area contributed by atoms with Crippen molar-refractivity contribution < 1.29 is 14.7 Å². The van der Waals surface area contributed by atoms with E-state index in [2.05, 4.69) is 0 Å². The van der Waals surface area contributed by atoms with E-state index in [-0.39, 0.29) is 18.1 Å². The molecule has 2 rings (SSSR count). The molecule has 0 spiro atoms. The molecule has 0 aliphatic heterocycles. The second kappa shape index (κ2) is 3.50. The van der Waals surface area contributed by atoms with Crippen molar-refractivity contribution in [1.82, 2.24) is 0 Å². The van der Waals surface area contributed by atoms with E-state index >= 15 is 0 Å². The minimum atomic E-state index is -0.884. The Bertz CT molecular complexity index is 423. The van der Waals surface area contributed by atoms with Gasteiger partial charge in [0.2, 0.25) is 0 Å². The molecule has 0 unspecified atom stereocenters. The van der Waals surface area contributed by atoms with Crippen molar-refractivity contribution in [3.8, 4) is 0 Å². The van der Waals surface area contributed by atoms with Crippen LogP contribution in [0.15, 0.2) is 24.3 Å². The number of carbonyl (C=O) groups excluding carboxylic acids is 1. The van der Waals surface area contributed by atoms with Crippen LogP contribution >= 0.6 is 0 Å². The molecule has 0 radical (unpaired) electrons. The predicted molar refractivity (Wildman–Crippen MR) is 54.9 cm³/mol. The van der Waals surface area contributed by atoms with Crippen LogP contribution in [0.25, 0.3) is 0 Å². The summed E-state index contributed by atoms with van der Waals surface area (Å²) in [4.78, 5) is 22.7. The normalized spacial score (nSPS) is 24.7. The zero-order chi connectivity index (χ0) is 11.0. The standard InChI is InChI=1S/C12H12O3/c1-7-8-4-2-3-5-9(8)11(13)6-10(7)12(14)15/h2-5,7,10H,6H2,1H3,(H,14,15)/t7-,10-/m0/s1. The molecule has 0 amide bonds. The van der Waals surface area contributed by atoms with Gasteiger partial charge < -0.3 is 5.11 Å². The number of fused-ring (bicyclic) bond motifs is 1. The number of hydrogen-bond acceptors (Lipinski definition) is 2. The maximum absolute atomic E-state index is 11.7. The highest BCUT2D eigenvalue weighted by molar-refractivity contribution is 6.01. The van der Waals surface area contributed by atoms with Gasteiger partial charge >= 0.3 is 5.97 Å². The Morgan fingerprint density at radius 3 is 2.73 bits per heavy atom. The predicted octanol–water partition coefficient (Wildman–Crippen LogP) is 2.08. The summed E-state index contributed by atoms with van der Waals surface area (Å²) in [7, 11) is 0. The number of hydrogen-bond donors (Lipinski definition) is 1. The molecule has 15 heavy (non-hydrogen) atoms. The summed E-state index contributed by atoms with van der Waals surface area (Å²) < 4.78 is 0. The Labute approximate surface area is 87.7 Å². The van der Waals surface area contributed by atoms with Gasteiger partial charge in [-0.3, -0.25) is 9.59 Å². The third-order valence-electron chi connectivity index (χ3n) is 3.08. The first-order valence-corrected chi connectivity index (χ1v) is 4.96. The van der Waals surface area contributed by atoms with Gasteiger partial charge in [0, 0.05) is 12.0 Å². The molecule has 0 heterocycles.